The highest BCUT2D eigenvalue weighted by Gasteiger charge is 2.23. The minimum Gasteiger partial charge on any atom is -0.443 e. The van der Waals surface area contributed by atoms with Gasteiger partial charge in [-0.3, -0.25) is 9.30 Å². The second-order valence-corrected chi connectivity index (χ2v) is 7.26. The normalized spacial score (nSPS) is 11.4. The van der Waals surface area contributed by atoms with Crippen molar-refractivity contribution in [1.82, 2.24) is 9.38 Å². The van der Waals surface area contributed by atoms with E-state index in [9.17, 15) is 4.79 Å². The Morgan fingerprint density at radius 1 is 1.33 bits per heavy atom. The van der Waals surface area contributed by atoms with Crippen molar-refractivity contribution in [3.05, 3.63) is 61.4 Å². The zero-order valence-corrected chi connectivity index (χ0v) is 15.8. The van der Waals surface area contributed by atoms with E-state index in [4.69, 9.17) is 10.5 Å². The number of rotatable bonds is 4. The molecule has 0 aliphatic rings. The van der Waals surface area contributed by atoms with Gasteiger partial charge < -0.3 is 10.5 Å². The molecule has 0 spiro atoms. The van der Waals surface area contributed by atoms with E-state index in [1.807, 2.05) is 67.8 Å². The number of benzene rings is 1. The van der Waals surface area contributed by atoms with Crippen molar-refractivity contribution in [2.24, 2.45) is 0 Å². The summed E-state index contributed by atoms with van der Waals surface area (Å²) < 4.78 is 7.46. The number of imidazole rings is 1. The molecule has 2 heterocycles. The van der Waals surface area contributed by atoms with Gasteiger partial charge >= 0.3 is 6.09 Å². The van der Waals surface area contributed by atoms with Crippen molar-refractivity contribution >= 4 is 23.1 Å². The first-order valence-electron chi connectivity index (χ1n) is 8.73. The highest BCUT2D eigenvalue weighted by Crippen LogP contribution is 2.26. The molecule has 1 amide bonds. The number of aromatic nitrogens is 2. The molecule has 0 unspecified atom stereocenters. The molecule has 0 saturated heterocycles. The number of nitrogens with two attached hydrogens (primary N) is 1. The molecule has 6 nitrogen and oxygen atoms in total. The second-order valence-electron chi connectivity index (χ2n) is 7.26. The lowest BCUT2D eigenvalue weighted by molar-refractivity contribution is 0.0584. The summed E-state index contributed by atoms with van der Waals surface area (Å²) in [7, 11) is 0. The summed E-state index contributed by atoms with van der Waals surface area (Å²) in [4.78, 5) is 18.6. The van der Waals surface area contributed by atoms with Gasteiger partial charge in [-0.25, -0.2) is 9.78 Å². The molecule has 2 aromatic heterocycles. The summed E-state index contributed by atoms with van der Waals surface area (Å²) in [6, 6.07) is 11.3. The van der Waals surface area contributed by atoms with Gasteiger partial charge in [0.15, 0.2) is 0 Å². The van der Waals surface area contributed by atoms with Gasteiger partial charge in [0, 0.05) is 24.0 Å². The Hall–Kier alpha value is -3.28. The molecule has 0 aliphatic carbocycles. The monoisotopic (exact) mass is 364 g/mol. The Morgan fingerprint density at radius 3 is 2.78 bits per heavy atom. The molecule has 0 aliphatic heterocycles. The molecule has 27 heavy (non-hydrogen) atoms. The summed E-state index contributed by atoms with van der Waals surface area (Å²) >= 11 is 0. The molecule has 3 rings (SSSR count). The zero-order chi connectivity index (χ0) is 19.6. The Kier molecular flexibility index (Phi) is 4.90. The van der Waals surface area contributed by atoms with Crippen LogP contribution in [0.15, 0.2) is 61.4 Å². The summed E-state index contributed by atoms with van der Waals surface area (Å²) in [5.41, 5.74) is 9.33. The summed E-state index contributed by atoms with van der Waals surface area (Å²) in [6.07, 6.45) is 4.90. The lowest BCUT2D eigenvalue weighted by Gasteiger charge is -2.26. The summed E-state index contributed by atoms with van der Waals surface area (Å²) in [5.74, 6) is 0. The Bertz CT molecular complexity index is 985. The third-order valence-electron chi connectivity index (χ3n) is 3.91. The van der Waals surface area contributed by atoms with Crippen LogP contribution in [0.25, 0.3) is 16.9 Å². The van der Waals surface area contributed by atoms with E-state index in [0.717, 1.165) is 16.9 Å². The molecule has 1 aromatic carbocycles. The molecule has 3 aromatic rings. The highest BCUT2D eigenvalue weighted by atomic mass is 16.6. The number of hydrogen-bond donors (Lipinski definition) is 1. The minimum atomic E-state index is -0.581. The average Bonchev–Trinajstić information content (AvgIpc) is 3.01. The molecule has 0 atom stereocenters. The van der Waals surface area contributed by atoms with Crippen LogP contribution >= 0.6 is 0 Å². The van der Waals surface area contributed by atoms with E-state index in [2.05, 4.69) is 11.6 Å². The van der Waals surface area contributed by atoms with Gasteiger partial charge in [-0.15, -0.1) is 6.58 Å². The molecular weight excluding hydrogens is 340 g/mol. The van der Waals surface area contributed by atoms with Gasteiger partial charge in [-0.1, -0.05) is 18.2 Å². The molecule has 0 fully saturated rings. The topological polar surface area (TPSA) is 72.9 Å². The molecule has 0 radical (unpaired) electrons. The van der Waals surface area contributed by atoms with Crippen LogP contribution < -0.4 is 10.6 Å². The van der Waals surface area contributed by atoms with Gasteiger partial charge in [0.05, 0.1) is 17.6 Å². The quantitative estimate of drug-likeness (QED) is 0.546. The Balaban J connectivity index is 2.04. The molecule has 6 heteroatoms. The van der Waals surface area contributed by atoms with Crippen LogP contribution in [0.4, 0.5) is 16.2 Å². The van der Waals surface area contributed by atoms with E-state index in [-0.39, 0.29) is 0 Å². The molecule has 2 N–H and O–H groups in total. The predicted molar refractivity (Wildman–Crippen MR) is 109 cm³/mol. The van der Waals surface area contributed by atoms with Gasteiger partial charge in [-0.05, 0) is 45.0 Å². The van der Waals surface area contributed by atoms with E-state index in [0.29, 0.717) is 17.9 Å². The lowest BCUT2D eigenvalue weighted by Crippen LogP contribution is -2.37. The number of pyridine rings is 1. The molecule has 0 bridgehead atoms. The number of carbonyl (C=O) groups is 1. The van der Waals surface area contributed by atoms with Crippen LogP contribution in [0.1, 0.15) is 20.8 Å². The number of nitrogens with zero attached hydrogens (tertiary/aromatic N) is 3. The lowest BCUT2D eigenvalue weighted by atomic mass is 10.1. The van der Waals surface area contributed by atoms with Crippen molar-refractivity contribution in [2.75, 3.05) is 17.2 Å². The maximum Gasteiger partial charge on any atom is 0.415 e. The summed E-state index contributed by atoms with van der Waals surface area (Å²) in [6.45, 7) is 9.61. The van der Waals surface area contributed by atoms with Crippen LogP contribution in [0.5, 0.6) is 0 Å². The number of amides is 1. The summed E-state index contributed by atoms with van der Waals surface area (Å²) in [5, 5.41) is 0. The number of carbonyl (C=O) groups excluding carboxylic acids is 1. The maximum absolute atomic E-state index is 12.6. The average molecular weight is 364 g/mol. The molecule has 140 valence electrons. The zero-order valence-electron chi connectivity index (χ0n) is 15.8. The maximum atomic E-state index is 12.6. The number of ether oxygens (including phenoxy) is 1. The van der Waals surface area contributed by atoms with Crippen LogP contribution in [-0.2, 0) is 4.74 Å². The van der Waals surface area contributed by atoms with Crippen LogP contribution in [0, 0.1) is 0 Å². The fourth-order valence-corrected chi connectivity index (χ4v) is 2.77. The van der Waals surface area contributed by atoms with Crippen LogP contribution in [0.2, 0.25) is 0 Å². The molecule has 0 saturated carbocycles. The smallest absolute Gasteiger partial charge is 0.415 e. The SMILES string of the molecule is C=CCN(C(=O)OC(C)(C)C)c1ccc2ncc(-c3cccc(N)c3)n2c1. The van der Waals surface area contributed by atoms with Crippen LogP contribution in [0.3, 0.4) is 0 Å². The van der Waals surface area contributed by atoms with E-state index in [1.165, 1.54) is 0 Å². The predicted octanol–water partition coefficient (Wildman–Crippen LogP) is 4.51. The van der Waals surface area contributed by atoms with Gasteiger partial charge in [-0.2, -0.15) is 0 Å². The Morgan fingerprint density at radius 2 is 2.11 bits per heavy atom. The van der Waals surface area contributed by atoms with Gasteiger partial charge in [0.1, 0.15) is 11.2 Å². The highest BCUT2D eigenvalue weighted by molar-refractivity contribution is 5.88. The third-order valence-corrected chi connectivity index (χ3v) is 3.91. The van der Waals surface area contributed by atoms with Crippen LogP contribution in [-0.4, -0.2) is 27.6 Å². The van der Waals surface area contributed by atoms with Crippen molar-refractivity contribution in [1.29, 1.82) is 0 Å². The van der Waals surface area contributed by atoms with Crippen molar-refractivity contribution < 1.29 is 9.53 Å². The van der Waals surface area contributed by atoms with E-state index >= 15 is 0 Å². The first-order chi connectivity index (χ1) is 12.8. The first kappa shape index (κ1) is 18.5. The second kappa shape index (κ2) is 7.15. The Labute approximate surface area is 158 Å². The number of anilines is 2. The third kappa shape index (κ3) is 4.11. The first-order valence-corrected chi connectivity index (χ1v) is 8.73. The molecular formula is C21H24N4O2. The minimum absolute atomic E-state index is 0.336. The van der Waals surface area contributed by atoms with Gasteiger partial charge in [0.25, 0.3) is 0 Å². The largest absolute Gasteiger partial charge is 0.443 e. The van der Waals surface area contributed by atoms with E-state index in [1.54, 1.807) is 17.2 Å². The standard InChI is InChI=1S/C21H24N4O2/c1-5-11-24(20(26)27-21(2,3)4)17-9-10-19-23-13-18(25(19)14-17)15-7-6-8-16(22)12-15/h5-10,12-14H,1,11,22H2,2-4H3. The fourth-order valence-electron chi connectivity index (χ4n) is 2.77. The fraction of sp³-hybridized carbons (Fsp3) is 0.238. The van der Waals surface area contributed by atoms with E-state index < -0.39 is 11.7 Å². The number of fused-ring (bicyclic) bond motifs is 1. The number of nitrogen functional groups attached to an aromatic ring is 1. The van der Waals surface area contributed by atoms with Crippen molar-refractivity contribution in [2.45, 2.75) is 26.4 Å². The number of hydrogen-bond acceptors (Lipinski definition) is 4. The van der Waals surface area contributed by atoms with Gasteiger partial charge in [0.2, 0.25) is 0 Å². The van der Waals surface area contributed by atoms with Crippen molar-refractivity contribution in [3.8, 4) is 11.3 Å². The van der Waals surface area contributed by atoms with Crippen molar-refractivity contribution in [3.63, 3.8) is 0 Å².